The smallest absolute Gasteiger partial charge is 0.264 e. The van der Waals surface area contributed by atoms with Gasteiger partial charge in [0, 0.05) is 24.2 Å². The molecule has 2 aromatic heterocycles. The van der Waals surface area contributed by atoms with Gasteiger partial charge in [-0.05, 0) is 38.0 Å². The summed E-state index contributed by atoms with van der Waals surface area (Å²) in [6.45, 7) is 5.97. The number of aromatic nitrogens is 2. The normalized spacial score (nSPS) is 11.0. The number of nitrogens with zero attached hydrogens (tertiary/aromatic N) is 2. The van der Waals surface area contributed by atoms with Crippen molar-refractivity contribution in [2.75, 3.05) is 5.32 Å². The van der Waals surface area contributed by atoms with Crippen LogP contribution < -0.4 is 10.9 Å². The number of carbonyl (C=O) groups is 1. The SMILES string of the molecule is CCc1cccc(NC(=O)CCn2cnc3oc(C)c(C)c3c2=O)c1. The number of hydrogen-bond donors (Lipinski definition) is 1. The van der Waals surface area contributed by atoms with Crippen molar-refractivity contribution in [2.24, 2.45) is 0 Å². The molecule has 130 valence electrons. The lowest BCUT2D eigenvalue weighted by atomic mass is 10.1. The van der Waals surface area contributed by atoms with E-state index in [1.807, 2.05) is 31.2 Å². The molecule has 1 aromatic carbocycles. The summed E-state index contributed by atoms with van der Waals surface area (Å²) in [4.78, 5) is 28.9. The van der Waals surface area contributed by atoms with Gasteiger partial charge >= 0.3 is 0 Å². The number of anilines is 1. The summed E-state index contributed by atoms with van der Waals surface area (Å²) in [5, 5.41) is 3.35. The minimum absolute atomic E-state index is 0.139. The molecule has 0 saturated carbocycles. The Kier molecular flexibility index (Phi) is 4.70. The second-order valence-corrected chi connectivity index (χ2v) is 6.06. The maximum absolute atomic E-state index is 12.5. The Morgan fingerprint density at radius 2 is 2.12 bits per heavy atom. The van der Waals surface area contributed by atoms with Crippen molar-refractivity contribution < 1.29 is 9.21 Å². The maximum atomic E-state index is 12.5. The summed E-state index contributed by atoms with van der Waals surface area (Å²) in [6.07, 6.45) is 2.53. The van der Waals surface area contributed by atoms with Crippen molar-refractivity contribution in [2.45, 2.75) is 40.2 Å². The molecular formula is C19H21N3O3. The number of carbonyl (C=O) groups excluding carboxylic acids is 1. The summed E-state index contributed by atoms with van der Waals surface area (Å²) in [7, 11) is 0. The highest BCUT2D eigenvalue weighted by Gasteiger charge is 2.14. The van der Waals surface area contributed by atoms with E-state index in [4.69, 9.17) is 4.42 Å². The summed E-state index contributed by atoms with van der Waals surface area (Å²) in [6, 6.07) is 7.75. The molecule has 0 saturated heterocycles. The van der Waals surface area contributed by atoms with E-state index in [2.05, 4.69) is 17.2 Å². The van der Waals surface area contributed by atoms with Gasteiger partial charge in [0.25, 0.3) is 5.56 Å². The van der Waals surface area contributed by atoms with Crippen LogP contribution in [0.5, 0.6) is 0 Å². The fourth-order valence-corrected chi connectivity index (χ4v) is 2.74. The molecule has 3 rings (SSSR count). The Morgan fingerprint density at radius 3 is 2.88 bits per heavy atom. The van der Waals surface area contributed by atoms with Crippen LogP contribution in [0.15, 0.2) is 39.8 Å². The van der Waals surface area contributed by atoms with E-state index in [-0.39, 0.29) is 24.4 Å². The molecule has 3 aromatic rings. The van der Waals surface area contributed by atoms with Gasteiger partial charge in [-0.3, -0.25) is 14.2 Å². The van der Waals surface area contributed by atoms with Gasteiger partial charge < -0.3 is 9.73 Å². The Hall–Kier alpha value is -2.89. The first-order valence-electron chi connectivity index (χ1n) is 8.33. The summed E-state index contributed by atoms with van der Waals surface area (Å²) >= 11 is 0. The molecule has 0 spiro atoms. The van der Waals surface area contributed by atoms with E-state index < -0.39 is 0 Å². The molecule has 0 atom stereocenters. The van der Waals surface area contributed by atoms with Crippen molar-refractivity contribution >= 4 is 22.7 Å². The topological polar surface area (TPSA) is 77.1 Å². The van der Waals surface area contributed by atoms with Gasteiger partial charge in [0.05, 0.1) is 0 Å². The fourth-order valence-electron chi connectivity index (χ4n) is 2.74. The third-order valence-corrected chi connectivity index (χ3v) is 4.35. The third kappa shape index (κ3) is 3.47. The van der Waals surface area contributed by atoms with E-state index in [1.165, 1.54) is 10.9 Å². The molecule has 0 fully saturated rings. The molecule has 25 heavy (non-hydrogen) atoms. The first kappa shape index (κ1) is 17.0. The molecule has 6 heteroatoms. The Morgan fingerprint density at radius 1 is 1.32 bits per heavy atom. The summed E-state index contributed by atoms with van der Waals surface area (Å²) in [5.74, 6) is 0.547. The lowest BCUT2D eigenvalue weighted by Gasteiger charge is -2.08. The maximum Gasteiger partial charge on any atom is 0.264 e. The zero-order valence-corrected chi connectivity index (χ0v) is 14.6. The first-order valence-corrected chi connectivity index (χ1v) is 8.33. The number of nitrogens with one attached hydrogen (secondary N) is 1. The van der Waals surface area contributed by atoms with Crippen LogP contribution in [0.4, 0.5) is 5.69 Å². The molecule has 1 amide bonds. The van der Waals surface area contributed by atoms with Gasteiger partial charge in [-0.1, -0.05) is 19.1 Å². The van der Waals surface area contributed by atoms with Crippen molar-refractivity contribution in [1.29, 1.82) is 0 Å². The van der Waals surface area contributed by atoms with Crippen LogP contribution in [-0.4, -0.2) is 15.5 Å². The highest BCUT2D eigenvalue weighted by molar-refractivity contribution is 5.90. The Labute approximate surface area is 145 Å². The number of benzene rings is 1. The van der Waals surface area contributed by atoms with Crippen LogP contribution >= 0.6 is 0 Å². The second kappa shape index (κ2) is 6.93. The number of aryl methyl sites for hydroxylation is 4. The summed E-state index contributed by atoms with van der Waals surface area (Å²) in [5.41, 5.74) is 2.89. The molecule has 0 aliphatic rings. The zero-order chi connectivity index (χ0) is 18.0. The minimum atomic E-state index is -0.180. The molecule has 0 radical (unpaired) electrons. The monoisotopic (exact) mass is 339 g/mol. The van der Waals surface area contributed by atoms with Gasteiger partial charge in [0.15, 0.2) is 0 Å². The summed E-state index contributed by atoms with van der Waals surface area (Å²) < 4.78 is 6.91. The highest BCUT2D eigenvalue weighted by atomic mass is 16.3. The van der Waals surface area contributed by atoms with Gasteiger partial charge in [-0.2, -0.15) is 0 Å². The van der Waals surface area contributed by atoms with Crippen molar-refractivity contribution in [3.8, 4) is 0 Å². The van der Waals surface area contributed by atoms with Crippen LogP contribution in [0, 0.1) is 13.8 Å². The molecule has 0 bridgehead atoms. The Bertz CT molecular complexity index is 985. The minimum Gasteiger partial charge on any atom is -0.443 e. The largest absolute Gasteiger partial charge is 0.443 e. The fraction of sp³-hybridized carbons (Fsp3) is 0.316. The highest BCUT2D eigenvalue weighted by Crippen LogP contribution is 2.19. The predicted octanol–water partition coefficient (Wildman–Crippen LogP) is 3.20. The standard InChI is InChI=1S/C19H21N3O3/c1-4-14-6-5-7-15(10-14)21-16(23)8-9-22-11-20-18-17(19(22)24)12(2)13(3)25-18/h5-7,10-11H,4,8-9H2,1-3H3,(H,21,23). The average molecular weight is 339 g/mol. The van der Waals surface area contributed by atoms with E-state index in [1.54, 1.807) is 6.92 Å². The number of fused-ring (bicyclic) bond motifs is 1. The van der Waals surface area contributed by atoms with Gasteiger partial charge in [-0.25, -0.2) is 4.98 Å². The lowest BCUT2D eigenvalue weighted by Crippen LogP contribution is -2.23. The number of hydrogen-bond acceptors (Lipinski definition) is 4. The van der Waals surface area contributed by atoms with Crippen LogP contribution in [0.1, 0.15) is 30.2 Å². The second-order valence-electron chi connectivity index (χ2n) is 6.06. The van der Waals surface area contributed by atoms with E-state index in [0.29, 0.717) is 16.9 Å². The Balaban J connectivity index is 1.72. The van der Waals surface area contributed by atoms with Crippen LogP contribution in [0.3, 0.4) is 0 Å². The third-order valence-electron chi connectivity index (χ3n) is 4.35. The molecule has 0 aliphatic carbocycles. The molecule has 6 nitrogen and oxygen atoms in total. The lowest BCUT2D eigenvalue weighted by molar-refractivity contribution is -0.116. The van der Waals surface area contributed by atoms with Gasteiger partial charge in [-0.15, -0.1) is 0 Å². The molecule has 1 N–H and O–H groups in total. The average Bonchev–Trinajstić information content (AvgIpc) is 2.89. The predicted molar refractivity (Wildman–Crippen MR) is 96.8 cm³/mol. The molecular weight excluding hydrogens is 318 g/mol. The number of amides is 1. The van der Waals surface area contributed by atoms with Crippen molar-refractivity contribution in [3.63, 3.8) is 0 Å². The van der Waals surface area contributed by atoms with Crippen LogP contribution in [0.25, 0.3) is 11.1 Å². The molecule has 0 unspecified atom stereocenters. The quantitative estimate of drug-likeness (QED) is 0.774. The van der Waals surface area contributed by atoms with Gasteiger partial charge in [0.1, 0.15) is 17.5 Å². The van der Waals surface area contributed by atoms with E-state index in [9.17, 15) is 9.59 Å². The van der Waals surface area contributed by atoms with Crippen LogP contribution in [0.2, 0.25) is 0 Å². The zero-order valence-electron chi connectivity index (χ0n) is 14.6. The van der Waals surface area contributed by atoms with E-state index in [0.717, 1.165) is 23.2 Å². The van der Waals surface area contributed by atoms with Crippen molar-refractivity contribution in [1.82, 2.24) is 9.55 Å². The number of rotatable bonds is 5. The number of furan rings is 1. The molecule has 2 heterocycles. The molecule has 0 aliphatic heterocycles. The van der Waals surface area contributed by atoms with Crippen molar-refractivity contribution in [3.05, 3.63) is 57.8 Å². The first-order chi connectivity index (χ1) is 12.0. The van der Waals surface area contributed by atoms with Crippen LogP contribution in [-0.2, 0) is 17.8 Å². The van der Waals surface area contributed by atoms with E-state index >= 15 is 0 Å². The van der Waals surface area contributed by atoms with Gasteiger partial charge in [0.2, 0.25) is 11.6 Å².